The summed E-state index contributed by atoms with van der Waals surface area (Å²) in [5, 5.41) is 11.5. The highest BCUT2D eigenvalue weighted by molar-refractivity contribution is 5.93. The molecule has 0 aliphatic carbocycles. The maximum Gasteiger partial charge on any atom is 0.274 e. The van der Waals surface area contributed by atoms with Gasteiger partial charge in [0, 0.05) is 43.4 Å². The Bertz CT molecular complexity index is 804. The van der Waals surface area contributed by atoms with E-state index in [2.05, 4.69) is 4.90 Å². The number of nitrogens with two attached hydrogens (primary N) is 1. The van der Waals surface area contributed by atoms with Crippen molar-refractivity contribution in [2.24, 2.45) is 5.73 Å². The van der Waals surface area contributed by atoms with E-state index in [9.17, 15) is 14.9 Å². The van der Waals surface area contributed by atoms with E-state index in [0.29, 0.717) is 25.2 Å². The molecular formula is C20H23N3O4. The number of rotatable bonds is 8. The molecule has 1 saturated heterocycles. The molecule has 1 aliphatic heterocycles. The van der Waals surface area contributed by atoms with Crippen LogP contribution in [0.4, 0.5) is 5.69 Å². The van der Waals surface area contributed by atoms with Crippen molar-refractivity contribution in [2.45, 2.75) is 32.0 Å². The Morgan fingerprint density at radius 2 is 2.00 bits per heavy atom. The second kappa shape index (κ2) is 8.75. The van der Waals surface area contributed by atoms with E-state index in [4.69, 9.17) is 10.5 Å². The number of benzene rings is 2. The van der Waals surface area contributed by atoms with Crippen LogP contribution in [0.25, 0.3) is 0 Å². The lowest BCUT2D eigenvalue weighted by Gasteiger charge is -2.25. The van der Waals surface area contributed by atoms with E-state index < -0.39 is 10.8 Å². The highest BCUT2D eigenvalue weighted by Gasteiger charge is 2.23. The van der Waals surface area contributed by atoms with Crippen LogP contribution in [0.3, 0.4) is 0 Å². The lowest BCUT2D eigenvalue weighted by molar-refractivity contribution is -0.385. The van der Waals surface area contributed by atoms with Crippen LogP contribution in [0, 0.1) is 10.1 Å². The molecule has 0 aromatic heterocycles. The predicted molar refractivity (Wildman–Crippen MR) is 101 cm³/mol. The standard InChI is InChI=1S/C20H23N3O4/c21-20(24)16-8-9-17(19(11-16)23(25)26)13-22(14-18-7-4-10-27-18)12-15-5-2-1-3-6-15/h1-3,5-6,8-9,11,18H,4,7,10,12-14H2,(H2,21,24). The molecule has 0 bridgehead atoms. The third kappa shape index (κ3) is 5.12. The topological polar surface area (TPSA) is 98.7 Å². The maximum atomic E-state index is 11.5. The fraction of sp³-hybridized carbons (Fsp3) is 0.350. The average Bonchev–Trinajstić information content (AvgIpc) is 3.15. The monoisotopic (exact) mass is 369 g/mol. The van der Waals surface area contributed by atoms with Gasteiger partial charge in [-0.2, -0.15) is 0 Å². The van der Waals surface area contributed by atoms with E-state index >= 15 is 0 Å². The van der Waals surface area contributed by atoms with Crippen LogP contribution in [-0.4, -0.2) is 35.0 Å². The molecule has 1 unspecified atom stereocenters. The van der Waals surface area contributed by atoms with E-state index in [-0.39, 0.29) is 17.4 Å². The van der Waals surface area contributed by atoms with Gasteiger partial charge in [0.1, 0.15) is 0 Å². The number of nitro groups is 1. The third-order valence-electron chi connectivity index (χ3n) is 4.70. The fourth-order valence-electron chi connectivity index (χ4n) is 3.36. The van der Waals surface area contributed by atoms with Gasteiger partial charge >= 0.3 is 0 Å². The van der Waals surface area contributed by atoms with Crippen LogP contribution in [0.15, 0.2) is 48.5 Å². The molecule has 1 fully saturated rings. The largest absolute Gasteiger partial charge is 0.377 e. The minimum absolute atomic E-state index is 0.0864. The number of amides is 1. The van der Waals surface area contributed by atoms with Crippen LogP contribution < -0.4 is 5.73 Å². The van der Waals surface area contributed by atoms with Crippen LogP contribution in [0.2, 0.25) is 0 Å². The van der Waals surface area contributed by atoms with Crippen LogP contribution in [-0.2, 0) is 17.8 Å². The van der Waals surface area contributed by atoms with Crippen LogP contribution >= 0.6 is 0 Å². The lowest BCUT2D eigenvalue weighted by Crippen LogP contribution is -2.31. The average molecular weight is 369 g/mol. The number of nitro benzene ring substituents is 1. The molecule has 142 valence electrons. The van der Waals surface area contributed by atoms with Gasteiger partial charge in [0.15, 0.2) is 0 Å². The summed E-state index contributed by atoms with van der Waals surface area (Å²) in [6.45, 7) is 2.51. The maximum absolute atomic E-state index is 11.5. The molecule has 1 amide bonds. The molecule has 0 saturated carbocycles. The Hall–Kier alpha value is -2.77. The highest BCUT2D eigenvalue weighted by atomic mass is 16.6. The van der Waals surface area contributed by atoms with Gasteiger partial charge in [0.05, 0.1) is 11.0 Å². The first-order valence-electron chi connectivity index (χ1n) is 8.98. The number of carbonyl (C=O) groups is 1. The van der Waals surface area contributed by atoms with Gasteiger partial charge in [0.25, 0.3) is 5.69 Å². The first-order valence-corrected chi connectivity index (χ1v) is 8.98. The highest BCUT2D eigenvalue weighted by Crippen LogP contribution is 2.24. The SMILES string of the molecule is NC(=O)c1ccc(CN(Cc2ccccc2)CC2CCCO2)c([N+](=O)[O-])c1. The van der Waals surface area contributed by atoms with Crippen molar-refractivity contribution in [3.63, 3.8) is 0 Å². The molecule has 27 heavy (non-hydrogen) atoms. The third-order valence-corrected chi connectivity index (χ3v) is 4.70. The van der Waals surface area contributed by atoms with Gasteiger partial charge in [-0.05, 0) is 24.5 Å². The summed E-state index contributed by atoms with van der Waals surface area (Å²) in [5.41, 5.74) is 6.99. The van der Waals surface area contributed by atoms with Gasteiger partial charge in [-0.3, -0.25) is 19.8 Å². The zero-order chi connectivity index (χ0) is 19.2. The fourth-order valence-corrected chi connectivity index (χ4v) is 3.36. The first kappa shape index (κ1) is 19.0. The number of hydrogen-bond donors (Lipinski definition) is 1. The zero-order valence-corrected chi connectivity index (χ0v) is 15.0. The second-order valence-corrected chi connectivity index (χ2v) is 6.76. The minimum atomic E-state index is -0.676. The predicted octanol–water partition coefficient (Wildman–Crippen LogP) is 2.87. The molecule has 7 nitrogen and oxygen atoms in total. The molecule has 2 aromatic carbocycles. The van der Waals surface area contributed by atoms with Gasteiger partial charge in [0.2, 0.25) is 5.91 Å². The molecule has 7 heteroatoms. The lowest BCUT2D eigenvalue weighted by atomic mass is 10.1. The summed E-state index contributed by atoms with van der Waals surface area (Å²) in [5.74, 6) is -0.676. The number of carbonyl (C=O) groups excluding carboxylic acids is 1. The Morgan fingerprint density at radius 3 is 2.63 bits per heavy atom. The smallest absolute Gasteiger partial charge is 0.274 e. The van der Waals surface area contributed by atoms with Crippen LogP contribution in [0.1, 0.15) is 34.3 Å². The van der Waals surface area contributed by atoms with Crippen molar-refractivity contribution in [1.82, 2.24) is 4.90 Å². The Morgan fingerprint density at radius 1 is 1.22 bits per heavy atom. The molecule has 2 N–H and O–H groups in total. The van der Waals surface area contributed by atoms with Crippen molar-refractivity contribution in [1.29, 1.82) is 0 Å². The molecule has 1 atom stereocenters. The summed E-state index contributed by atoms with van der Waals surface area (Å²) < 4.78 is 5.75. The molecule has 3 rings (SSSR count). The normalized spacial score (nSPS) is 16.6. The van der Waals surface area contributed by atoms with E-state index in [1.807, 2.05) is 30.3 Å². The Balaban J connectivity index is 1.83. The molecule has 0 spiro atoms. The zero-order valence-electron chi connectivity index (χ0n) is 15.0. The number of nitrogens with zero attached hydrogens (tertiary/aromatic N) is 2. The number of primary amides is 1. The van der Waals surface area contributed by atoms with Gasteiger partial charge in [-0.15, -0.1) is 0 Å². The first-order chi connectivity index (χ1) is 13.0. The van der Waals surface area contributed by atoms with Crippen molar-refractivity contribution < 1.29 is 14.5 Å². The molecule has 1 heterocycles. The Labute approximate surface area is 157 Å². The number of ether oxygens (including phenoxy) is 1. The summed E-state index contributed by atoms with van der Waals surface area (Å²) in [6, 6.07) is 14.4. The summed E-state index contributed by atoms with van der Waals surface area (Å²) in [7, 11) is 0. The van der Waals surface area contributed by atoms with Crippen molar-refractivity contribution in [2.75, 3.05) is 13.2 Å². The summed E-state index contributed by atoms with van der Waals surface area (Å²) in [6.07, 6.45) is 2.17. The molecule has 1 aliphatic rings. The summed E-state index contributed by atoms with van der Waals surface area (Å²) >= 11 is 0. The molecular weight excluding hydrogens is 346 g/mol. The van der Waals surface area contributed by atoms with E-state index in [1.165, 1.54) is 12.1 Å². The second-order valence-electron chi connectivity index (χ2n) is 6.76. The summed E-state index contributed by atoms with van der Waals surface area (Å²) in [4.78, 5) is 24.5. The van der Waals surface area contributed by atoms with Crippen LogP contribution in [0.5, 0.6) is 0 Å². The van der Waals surface area contributed by atoms with Gasteiger partial charge < -0.3 is 10.5 Å². The van der Waals surface area contributed by atoms with E-state index in [0.717, 1.165) is 25.0 Å². The van der Waals surface area contributed by atoms with E-state index in [1.54, 1.807) is 6.07 Å². The van der Waals surface area contributed by atoms with Crippen molar-refractivity contribution in [3.8, 4) is 0 Å². The quantitative estimate of drug-likeness (QED) is 0.570. The molecule has 2 aromatic rings. The molecule has 0 radical (unpaired) electrons. The van der Waals surface area contributed by atoms with Gasteiger partial charge in [-0.1, -0.05) is 36.4 Å². The number of hydrogen-bond acceptors (Lipinski definition) is 5. The minimum Gasteiger partial charge on any atom is -0.377 e. The van der Waals surface area contributed by atoms with Crippen molar-refractivity contribution in [3.05, 3.63) is 75.3 Å². The van der Waals surface area contributed by atoms with Gasteiger partial charge in [-0.25, -0.2) is 0 Å². The Kier molecular flexibility index (Phi) is 6.16. The van der Waals surface area contributed by atoms with Crippen molar-refractivity contribution >= 4 is 11.6 Å².